The van der Waals surface area contributed by atoms with E-state index in [4.69, 9.17) is 5.11 Å². The average molecular weight is 266 g/mol. The summed E-state index contributed by atoms with van der Waals surface area (Å²) in [5.74, 6) is -0.805. The smallest absolute Gasteiger partial charge is 0.304 e. The lowest BCUT2D eigenvalue weighted by Gasteiger charge is -2.27. The fourth-order valence-corrected chi connectivity index (χ4v) is 2.89. The second-order valence-electron chi connectivity index (χ2n) is 4.60. The third-order valence-electron chi connectivity index (χ3n) is 2.05. The monoisotopic (exact) mass is 266 g/mol. The van der Waals surface area contributed by atoms with Crippen LogP contribution >= 0.6 is 0 Å². The van der Waals surface area contributed by atoms with E-state index < -0.39 is 16.2 Å². The SMILES string of the molecule is CC(C)CN(C(C)C)S(=O)(=O)NCCC(=O)O. The van der Waals surface area contributed by atoms with Gasteiger partial charge >= 0.3 is 5.97 Å². The van der Waals surface area contributed by atoms with E-state index >= 15 is 0 Å². The van der Waals surface area contributed by atoms with Crippen LogP contribution in [0, 0.1) is 5.92 Å². The van der Waals surface area contributed by atoms with Crippen molar-refractivity contribution in [3.8, 4) is 0 Å². The van der Waals surface area contributed by atoms with Crippen molar-refractivity contribution in [1.82, 2.24) is 9.03 Å². The number of nitrogens with one attached hydrogen (secondary N) is 1. The first-order chi connectivity index (χ1) is 7.66. The number of hydrogen-bond donors (Lipinski definition) is 2. The number of carboxylic acid groups (broad SMARTS) is 1. The lowest BCUT2D eigenvalue weighted by molar-refractivity contribution is -0.136. The standard InChI is InChI=1S/C10H22N2O4S/c1-8(2)7-12(9(3)4)17(15,16)11-6-5-10(13)14/h8-9,11H,5-7H2,1-4H3,(H,13,14). The van der Waals surface area contributed by atoms with Crippen molar-refractivity contribution in [2.24, 2.45) is 5.92 Å². The van der Waals surface area contributed by atoms with E-state index in [0.717, 1.165) is 0 Å². The molecular weight excluding hydrogens is 244 g/mol. The molecule has 0 aromatic rings. The molecule has 102 valence electrons. The molecule has 0 amide bonds. The molecule has 0 saturated carbocycles. The maximum Gasteiger partial charge on any atom is 0.304 e. The molecule has 0 aromatic carbocycles. The van der Waals surface area contributed by atoms with Gasteiger partial charge in [-0.05, 0) is 19.8 Å². The largest absolute Gasteiger partial charge is 0.481 e. The van der Waals surface area contributed by atoms with Crippen LogP contribution in [-0.2, 0) is 15.0 Å². The van der Waals surface area contributed by atoms with Crippen molar-refractivity contribution in [1.29, 1.82) is 0 Å². The molecule has 0 aromatic heterocycles. The average Bonchev–Trinajstić information content (AvgIpc) is 2.12. The molecule has 0 spiro atoms. The highest BCUT2D eigenvalue weighted by Gasteiger charge is 2.25. The number of nitrogens with zero attached hydrogens (tertiary/aromatic N) is 1. The molecule has 0 aliphatic heterocycles. The summed E-state index contributed by atoms with van der Waals surface area (Å²) in [6.07, 6.45) is -0.215. The van der Waals surface area contributed by atoms with E-state index in [0.29, 0.717) is 6.54 Å². The maximum absolute atomic E-state index is 11.9. The van der Waals surface area contributed by atoms with Crippen LogP contribution in [0.15, 0.2) is 0 Å². The predicted octanol–water partition coefficient (Wildman–Crippen LogP) is 0.662. The Balaban J connectivity index is 4.56. The summed E-state index contributed by atoms with van der Waals surface area (Å²) in [6, 6.07) is -0.153. The molecule has 0 saturated heterocycles. The Labute approximate surface area is 103 Å². The fraction of sp³-hybridized carbons (Fsp3) is 0.900. The summed E-state index contributed by atoms with van der Waals surface area (Å²) >= 11 is 0. The highest BCUT2D eigenvalue weighted by molar-refractivity contribution is 7.87. The zero-order valence-corrected chi connectivity index (χ0v) is 11.6. The van der Waals surface area contributed by atoms with Crippen LogP contribution in [0.25, 0.3) is 0 Å². The van der Waals surface area contributed by atoms with Crippen molar-refractivity contribution in [3.63, 3.8) is 0 Å². The Kier molecular flexibility index (Phi) is 6.66. The molecule has 0 rings (SSSR count). The quantitative estimate of drug-likeness (QED) is 0.675. The van der Waals surface area contributed by atoms with E-state index in [9.17, 15) is 13.2 Å². The van der Waals surface area contributed by atoms with Crippen LogP contribution in [-0.4, -0.2) is 42.9 Å². The Morgan fingerprint density at radius 3 is 2.18 bits per heavy atom. The first-order valence-electron chi connectivity index (χ1n) is 5.65. The number of carboxylic acids is 1. The summed E-state index contributed by atoms with van der Waals surface area (Å²) in [5.41, 5.74) is 0. The summed E-state index contributed by atoms with van der Waals surface area (Å²) in [5, 5.41) is 8.46. The number of carbonyl (C=O) groups is 1. The van der Waals surface area contributed by atoms with Gasteiger partial charge in [-0.15, -0.1) is 0 Å². The maximum atomic E-state index is 11.9. The van der Waals surface area contributed by atoms with E-state index in [1.54, 1.807) is 13.8 Å². The molecule has 0 aliphatic carbocycles. The molecule has 0 radical (unpaired) electrons. The zero-order valence-electron chi connectivity index (χ0n) is 10.8. The van der Waals surface area contributed by atoms with Crippen LogP contribution < -0.4 is 4.72 Å². The molecule has 7 heteroatoms. The number of rotatable bonds is 8. The molecule has 0 atom stereocenters. The van der Waals surface area contributed by atoms with Gasteiger partial charge in [0.1, 0.15) is 0 Å². The van der Waals surface area contributed by atoms with Gasteiger partial charge in [-0.3, -0.25) is 4.79 Å². The topological polar surface area (TPSA) is 86.7 Å². The van der Waals surface area contributed by atoms with Gasteiger partial charge in [0.15, 0.2) is 0 Å². The molecular formula is C10H22N2O4S. The zero-order chi connectivity index (χ0) is 13.6. The Hall–Kier alpha value is -0.660. The van der Waals surface area contributed by atoms with E-state index in [-0.39, 0.29) is 24.9 Å². The second kappa shape index (κ2) is 6.93. The van der Waals surface area contributed by atoms with Gasteiger partial charge in [-0.1, -0.05) is 13.8 Å². The van der Waals surface area contributed by atoms with Gasteiger partial charge in [0, 0.05) is 19.1 Å². The van der Waals surface area contributed by atoms with E-state index in [1.807, 2.05) is 13.8 Å². The van der Waals surface area contributed by atoms with Gasteiger partial charge < -0.3 is 5.11 Å². The first-order valence-corrected chi connectivity index (χ1v) is 7.09. The third kappa shape index (κ3) is 6.60. The molecule has 0 bridgehead atoms. The van der Waals surface area contributed by atoms with Crippen LogP contribution in [0.5, 0.6) is 0 Å². The molecule has 6 nitrogen and oxygen atoms in total. The molecule has 17 heavy (non-hydrogen) atoms. The molecule has 0 heterocycles. The van der Waals surface area contributed by atoms with Crippen molar-refractivity contribution in [2.75, 3.05) is 13.1 Å². The molecule has 0 fully saturated rings. The summed E-state index contributed by atoms with van der Waals surface area (Å²) < 4.78 is 27.5. The van der Waals surface area contributed by atoms with Crippen LogP contribution in [0.4, 0.5) is 0 Å². The Morgan fingerprint density at radius 2 is 1.82 bits per heavy atom. The lowest BCUT2D eigenvalue weighted by atomic mass is 10.2. The van der Waals surface area contributed by atoms with Gasteiger partial charge in [-0.2, -0.15) is 12.7 Å². The molecule has 0 aliphatic rings. The highest BCUT2D eigenvalue weighted by atomic mass is 32.2. The highest BCUT2D eigenvalue weighted by Crippen LogP contribution is 2.09. The van der Waals surface area contributed by atoms with Gasteiger partial charge in [-0.25, -0.2) is 4.72 Å². The van der Waals surface area contributed by atoms with E-state index in [1.165, 1.54) is 4.31 Å². The molecule has 0 unspecified atom stereocenters. The van der Waals surface area contributed by atoms with Gasteiger partial charge in [0.05, 0.1) is 6.42 Å². The van der Waals surface area contributed by atoms with Gasteiger partial charge in [0.25, 0.3) is 10.2 Å². The second-order valence-corrected chi connectivity index (χ2v) is 6.31. The summed E-state index contributed by atoms with van der Waals surface area (Å²) in [6.45, 7) is 7.78. The fourth-order valence-electron chi connectivity index (χ4n) is 1.32. The number of aliphatic carboxylic acids is 1. The van der Waals surface area contributed by atoms with Crippen LogP contribution in [0.3, 0.4) is 0 Å². The Morgan fingerprint density at radius 1 is 1.29 bits per heavy atom. The minimum atomic E-state index is -3.59. The third-order valence-corrected chi connectivity index (χ3v) is 3.81. The predicted molar refractivity (Wildman–Crippen MR) is 65.9 cm³/mol. The minimum absolute atomic E-state index is 0.0843. The van der Waals surface area contributed by atoms with Crippen molar-refractivity contribution in [2.45, 2.75) is 40.2 Å². The number of hydrogen-bond acceptors (Lipinski definition) is 3. The first kappa shape index (κ1) is 16.3. The summed E-state index contributed by atoms with van der Waals surface area (Å²) in [7, 11) is -3.59. The van der Waals surface area contributed by atoms with Crippen LogP contribution in [0.2, 0.25) is 0 Å². The van der Waals surface area contributed by atoms with Gasteiger partial charge in [0.2, 0.25) is 0 Å². The Bertz CT molecular complexity index is 338. The van der Waals surface area contributed by atoms with E-state index in [2.05, 4.69) is 4.72 Å². The van der Waals surface area contributed by atoms with Crippen molar-refractivity contribution in [3.05, 3.63) is 0 Å². The summed E-state index contributed by atoms with van der Waals surface area (Å²) in [4.78, 5) is 10.3. The van der Waals surface area contributed by atoms with Crippen molar-refractivity contribution < 1.29 is 18.3 Å². The minimum Gasteiger partial charge on any atom is -0.481 e. The van der Waals surface area contributed by atoms with Crippen molar-refractivity contribution >= 4 is 16.2 Å². The molecule has 2 N–H and O–H groups in total. The normalized spacial score (nSPS) is 12.6. The lowest BCUT2D eigenvalue weighted by Crippen LogP contribution is -2.46. The van der Waals surface area contributed by atoms with Crippen LogP contribution in [0.1, 0.15) is 34.1 Å².